The molecule has 3 aromatic carbocycles. The summed E-state index contributed by atoms with van der Waals surface area (Å²) >= 11 is 6.20. The Morgan fingerprint density at radius 3 is 2.31 bits per heavy atom. The molecule has 0 bridgehead atoms. The molecule has 0 atom stereocenters. The van der Waals surface area contributed by atoms with Gasteiger partial charge in [0.2, 0.25) is 0 Å². The number of nitrogens with zero attached hydrogens (tertiary/aromatic N) is 1. The predicted octanol–water partition coefficient (Wildman–Crippen LogP) is 7.05. The van der Waals surface area contributed by atoms with Crippen LogP contribution in [0.15, 0.2) is 60.7 Å². The van der Waals surface area contributed by atoms with Crippen molar-refractivity contribution in [2.24, 2.45) is 0 Å². The van der Waals surface area contributed by atoms with Gasteiger partial charge >= 0.3 is 0 Å². The van der Waals surface area contributed by atoms with Gasteiger partial charge in [0.05, 0.1) is 14.2 Å². The van der Waals surface area contributed by atoms with E-state index in [2.05, 4.69) is 58.7 Å². The van der Waals surface area contributed by atoms with Gasteiger partial charge in [-0.05, 0) is 104 Å². The van der Waals surface area contributed by atoms with Crippen molar-refractivity contribution < 1.29 is 9.47 Å². The highest BCUT2D eigenvalue weighted by atomic mass is 35.5. The summed E-state index contributed by atoms with van der Waals surface area (Å²) in [6, 6.07) is 22.2. The third-order valence-electron chi connectivity index (χ3n) is 7.57. The van der Waals surface area contributed by atoms with E-state index in [4.69, 9.17) is 21.1 Å². The Balaban J connectivity index is 1.47. The summed E-state index contributed by atoms with van der Waals surface area (Å²) in [4.78, 5) is 2.55. The summed E-state index contributed by atoms with van der Waals surface area (Å²) in [7, 11) is 3.47. The van der Waals surface area contributed by atoms with Gasteiger partial charge in [0.15, 0.2) is 11.5 Å². The average Bonchev–Trinajstić information content (AvgIpc) is 2.87. The van der Waals surface area contributed by atoms with Crippen molar-refractivity contribution in [3.05, 3.63) is 76.8 Å². The van der Waals surface area contributed by atoms with Crippen LogP contribution in [0.4, 0.5) is 5.69 Å². The second kappa shape index (κ2) is 10.9. The Bertz CT molecular complexity index is 1140. The van der Waals surface area contributed by atoms with E-state index in [-0.39, 0.29) is 0 Å². The topological polar surface area (TPSA) is 33.7 Å². The second-order valence-electron chi connectivity index (χ2n) is 9.71. The summed E-state index contributed by atoms with van der Waals surface area (Å²) in [5, 5.41) is 4.27. The van der Waals surface area contributed by atoms with Crippen LogP contribution in [-0.4, -0.2) is 33.4 Å². The first-order valence-electron chi connectivity index (χ1n) is 12.7. The lowest BCUT2D eigenvalue weighted by atomic mass is 9.78. The van der Waals surface area contributed by atoms with Crippen molar-refractivity contribution in [2.45, 2.75) is 50.6 Å². The van der Waals surface area contributed by atoms with Crippen molar-refractivity contribution in [3.8, 4) is 22.6 Å². The van der Waals surface area contributed by atoms with Crippen LogP contribution in [0.3, 0.4) is 0 Å². The van der Waals surface area contributed by atoms with Gasteiger partial charge < -0.3 is 19.7 Å². The zero-order chi connectivity index (χ0) is 24.2. The van der Waals surface area contributed by atoms with E-state index in [1.165, 1.54) is 47.2 Å². The molecule has 0 spiro atoms. The smallest absolute Gasteiger partial charge is 0.164 e. The highest BCUT2D eigenvalue weighted by Crippen LogP contribution is 2.46. The molecule has 4 nitrogen and oxygen atoms in total. The van der Waals surface area contributed by atoms with Gasteiger partial charge in [0, 0.05) is 28.9 Å². The number of piperidine rings is 1. The van der Waals surface area contributed by atoms with Crippen molar-refractivity contribution in [2.75, 3.05) is 32.2 Å². The molecule has 5 heteroatoms. The molecule has 5 rings (SSSR count). The normalized spacial score (nSPS) is 16.5. The minimum atomic E-state index is 0.507. The number of ether oxygens (including phenoxy) is 2. The van der Waals surface area contributed by atoms with Crippen molar-refractivity contribution in [1.29, 1.82) is 0 Å². The first kappa shape index (κ1) is 24.0. The summed E-state index contributed by atoms with van der Waals surface area (Å²) in [6.07, 6.45) is 6.00. The lowest BCUT2D eigenvalue weighted by Crippen LogP contribution is -2.43. The quantitative estimate of drug-likeness (QED) is 0.366. The first-order chi connectivity index (χ1) is 17.2. The summed E-state index contributed by atoms with van der Waals surface area (Å²) < 4.78 is 11.5. The molecule has 1 aliphatic heterocycles. The molecule has 1 heterocycles. The number of methoxy groups -OCH3 is 2. The third-order valence-corrected chi connectivity index (χ3v) is 7.83. The third kappa shape index (κ3) is 5.29. The standard InChI is InChI=1S/C30H35ClN2O2/c1-34-29-19-24(18-28(30(29)35-2)22-6-4-7-22)23-8-3-5-21(17-23)20-33(27-13-15-32-16-14-27)26-11-9-25(31)10-12-26/h3,5,8-12,17-19,22,27,32H,4,6-7,13-16,20H2,1-2H3. The summed E-state index contributed by atoms with van der Waals surface area (Å²) in [5.41, 5.74) is 6.20. The summed E-state index contributed by atoms with van der Waals surface area (Å²) in [5.74, 6) is 2.26. The molecule has 0 radical (unpaired) electrons. The molecule has 0 aromatic heterocycles. The van der Waals surface area contributed by atoms with Gasteiger partial charge in [-0.1, -0.05) is 36.2 Å². The van der Waals surface area contributed by atoms with E-state index >= 15 is 0 Å². The molecule has 184 valence electrons. The number of hydrogen-bond acceptors (Lipinski definition) is 4. The van der Waals surface area contributed by atoms with Crippen LogP contribution in [0.1, 0.15) is 49.1 Å². The lowest BCUT2D eigenvalue weighted by Gasteiger charge is -2.36. The lowest BCUT2D eigenvalue weighted by molar-refractivity contribution is 0.337. The minimum absolute atomic E-state index is 0.507. The van der Waals surface area contributed by atoms with Crippen LogP contribution in [-0.2, 0) is 6.54 Å². The predicted molar refractivity (Wildman–Crippen MR) is 145 cm³/mol. The molecule has 2 fully saturated rings. The maximum Gasteiger partial charge on any atom is 0.164 e. The highest BCUT2D eigenvalue weighted by molar-refractivity contribution is 6.30. The Morgan fingerprint density at radius 2 is 1.66 bits per heavy atom. The van der Waals surface area contributed by atoms with E-state index in [1.807, 2.05) is 12.1 Å². The Morgan fingerprint density at radius 1 is 0.886 bits per heavy atom. The minimum Gasteiger partial charge on any atom is -0.493 e. The number of rotatable bonds is 8. The number of halogens is 1. The van der Waals surface area contributed by atoms with Crippen LogP contribution in [0, 0.1) is 0 Å². The molecule has 1 aliphatic carbocycles. The Hall–Kier alpha value is -2.69. The monoisotopic (exact) mass is 490 g/mol. The molecule has 2 aliphatic rings. The molecular weight excluding hydrogens is 456 g/mol. The maximum absolute atomic E-state index is 6.20. The fourth-order valence-electron chi connectivity index (χ4n) is 5.41. The van der Waals surface area contributed by atoms with Crippen LogP contribution >= 0.6 is 11.6 Å². The Kier molecular flexibility index (Phi) is 7.50. The average molecular weight is 491 g/mol. The summed E-state index contributed by atoms with van der Waals surface area (Å²) in [6.45, 7) is 2.98. The zero-order valence-corrected chi connectivity index (χ0v) is 21.5. The fourth-order valence-corrected chi connectivity index (χ4v) is 5.54. The van der Waals surface area contributed by atoms with Crippen LogP contribution in [0.25, 0.3) is 11.1 Å². The highest BCUT2D eigenvalue weighted by Gasteiger charge is 2.26. The van der Waals surface area contributed by atoms with Crippen LogP contribution < -0.4 is 19.7 Å². The Labute approximate surface area is 214 Å². The van der Waals surface area contributed by atoms with Crippen LogP contribution in [0.5, 0.6) is 11.5 Å². The molecule has 0 unspecified atom stereocenters. The van der Waals surface area contributed by atoms with E-state index in [0.29, 0.717) is 12.0 Å². The molecule has 1 saturated heterocycles. The van der Waals surface area contributed by atoms with Gasteiger partial charge in [-0.15, -0.1) is 0 Å². The van der Waals surface area contributed by atoms with E-state index in [9.17, 15) is 0 Å². The van der Waals surface area contributed by atoms with Crippen molar-refractivity contribution in [1.82, 2.24) is 5.32 Å². The van der Waals surface area contributed by atoms with E-state index in [1.54, 1.807) is 14.2 Å². The molecule has 0 amide bonds. The SMILES string of the molecule is COc1cc(-c2cccc(CN(c3ccc(Cl)cc3)C3CCNCC3)c2)cc(C2CCC2)c1OC. The van der Waals surface area contributed by atoms with Crippen LogP contribution in [0.2, 0.25) is 5.02 Å². The van der Waals surface area contributed by atoms with Gasteiger partial charge in [-0.3, -0.25) is 0 Å². The largest absolute Gasteiger partial charge is 0.493 e. The molecule has 1 N–H and O–H groups in total. The van der Waals surface area contributed by atoms with Crippen molar-refractivity contribution in [3.63, 3.8) is 0 Å². The number of hydrogen-bond donors (Lipinski definition) is 1. The molecule has 35 heavy (non-hydrogen) atoms. The van der Waals surface area contributed by atoms with Gasteiger partial charge in [0.1, 0.15) is 0 Å². The number of benzene rings is 3. The van der Waals surface area contributed by atoms with Gasteiger partial charge in [-0.25, -0.2) is 0 Å². The molecular formula is C30H35ClN2O2. The van der Waals surface area contributed by atoms with Crippen molar-refractivity contribution >= 4 is 17.3 Å². The first-order valence-corrected chi connectivity index (χ1v) is 13.1. The van der Waals surface area contributed by atoms with E-state index in [0.717, 1.165) is 49.0 Å². The van der Waals surface area contributed by atoms with Gasteiger partial charge in [-0.2, -0.15) is 0 Å². The van der Waals surface area contributed by atoms with E-state index < -0.39 is 0 Å². The zero-order valence-electron chi connectivity index (χ0n) is 20.7. The fraction of sp³-hybridized carbons (Fsp3) is 0.400. The number of anilines is 1. The maximum atomic E-state index is 6.20. The van der Waals surface area contributed by atoms with Gasteiger partial charge in [0.25, 0.3) is 0 Å². The molecule has 1 saturated carbocycles. The second-order valence-corrected chi connectivity index (χ2v) is 10.2. The molecule has 3 aromatic rings. The number of nitrogens with one attached hydrogen (secondary N) is 1.